The van der Waals surface area contributed by atoms with E-state index < -0.39 is 27.8 Å². The van der Waals surface area contributed by atoms with Crippen LogP contribution in [0.5, 0.6) is 11.5 Å². The smallest absolute Gasteiger partial charge is 0.245 e. The molecule has 1 fully saturated rings. The highest BCUT2D eigenvalue weighted by molar-refractivity contribution is 7.89. The summed E-state index contributed by atoms with van der Waals surface area (Å²) in [4.78, 5) is 10.7. The molecule has 6 atom stereocenters. The number of oxime groups is 1. The Hall–Kier alpha value is -4.85. The number of allylic oxidation sites excluding steroid dienone is 1. The highest BCUT2D eigenvalue weighted by atomic mass is 32.2. The van der Waals surface area contributed by atoms with Crippen LogP contribution in [0.15, 0.2) is 132 Å². The number of hydrogen-bond acceptors (Lipinski definition) is 10. The summed E-state index contributed by atoms with van der Waals surface area (Å²) in [6, 6.07) is 23.4. The average molecular weight is 822 g/mol. The van der Waals surface area contributed by atoms with E-state index in [0.29, 0.717) is 47.6 Å². The molecule has 0 unspecified atom stereocenters. The first-order chi connectivity index (χ1) is 28.8. The van der Waals surface area contributed by atoms with Crippen LogP contribution in [0.2, 0.25) is 0 Å². The molecule has 2 heterocycles. The lowest BCUT2D eigenvalue weighted by Gasteiger charge is -2.59. The number of aliphatic hydroxyl groups is 2. The molecular weight excluding hydrogens is 767 g/mol. The fraction of sp³-hybridized carbons (Fsp3) is 0.404. The van der Waals surface area contributed by atoms with E-state index in [2.05, 4.69) is 24.2 Å². The molecule has 3 aromatic carbocycles. The summed E-state index contributed by atoms with van der Waals surface area (Å²) in [5.74, 6) is -1.06. The lowest BCUT2D eigenvalue weighted by Crippen LogP contribution is -2.69. The zero-order valence-corrected chi connectivity index (χ0v) is 34.5. The third-order valence-corrected chi connectivity index (χ3v) is 13.9. The first kappa shape index (κ1) is 42.3. The third-order valence-electron chi connectivity index (χ3n) is 12.0. The summed E-state index contributed by atoms with van der Waals surface area (Å²) < 4.78 is 51.9. The minimum Gasteiger partial charge on any atom is -0.490 e. The first-order valence-electron chi connectivity index (χ1n) is 20.6. The molecule has 0 saturated heterocycles. The summed E-state index contributed by atoms with van der Waals surface area (Å²) in [7, 11) is -2.67. The van der Waals surface area contributed by atoms with Crippen molar-refractivity contribution in [3.05, 3.63) is 133 Å². The maximum atomic E-state index is 15.1. The van der Waals surface area contributed by atoms with Gasteiger partial charge in [0.15, 0.2) is 0 Å². The Labute approximate surface area is 347 Å². The van der Waals surface area contributed by atoms with Crippen LogP contribution < -0.4 is 9.47 Å². The largest absolute Gasteiger partial charge is 0.490 e. The number of para-hydroxylation sites is 1. The predicted octanol–water partition coefficient (Wildman–Crippen LogP) is 7.95. The molecule has 2 aliphatic carbocycles. The van der Waals surface area contributed by atoms with Gasteiger partial charge < -0.3 is 29.3 Å². The van der Waals surface area contributed by atoms with Crippen molar-refractivity contribution in [3.63, 3.8) is 0 Å². The van der Waals surface area contributed by atoms with Gasteiger partial charge in [-0.25, -0.2) is 8.42 Å². The Morgan fingerprint density at radius 1 is 0.949 bits per heavy atom. The molecule has 0 radical (unpaired) electrons. The number of rotatable bonds is 20. The summed E-state index contributed by atoms with van der Waals surface area (Å²) in [5, 5.41) is 25.3. The molecule has 0 spiro atoms. The molecule has 2 N–H and O–H groups in total. The SMILES string of the molecule is C=CCOc1ccc2c(c1)[C@H]1[C@H](CCCCO)[C@@H](CCCCO)C=C3C(=NOCc4ccccc4)C[C@H](N(C)S(=O)(=O)c4cccc5cccnc45)[C@@](OCC=C)(O2)[C@H]31. The van der Waals surface area contributed by atoms with Gasteiger partial charge in [-0.05, 0) is 79.0 Å². The summed E-state index contributed by atoms with van der Waals surface area (Å²) in [6.45, 7) is 8.62. The van der Waals surface area contributed by atoms with Crippen LogP contribution in [-0.4, -0.2) is 78.9 Å². The molecule has 1 saturated carbocycles. The molecule has 4 aromatic rings. The number of aliphatic hydroxyl groups excluding tert-OH is 2. The molecule has 7 rings (SSSR count). The van der Waals surface area contributed by atoms with Gasteiger partial charge >= 0.3 is 0 Å². The van der Waals surface area contributed by atoms with Crippen LogP contribution in [0.3, 0.4) is 0 Å². The monoisotopic (exact) mass is 821 g/mol. The number of fused-ring (bicyclic) bond motifs is 3. The molecule has 11 nitrogen and oxygen atoms in total. The maximum absolute atomic E-state index is 15.1. The van der Waals surface area contributed by atoms with Crippen LogP contribution in [0.1, 0.15) is 62.0 Å². The third kappa shape index (κ3) is 8.60. The van der Waals surface area contributed by atoms with Crippen molar-refractivity contribution < 1.29 is 37.7 Å². The average Bonchev–Trinajstić information content (AvgIpc) is 3.26. The quantitative estimate of drug-likeness (QED) is 0.0517. The van der Waals surface area contributed by atoms with Gasteiger partial charge in [-0.3, -0.25) is 4.98 Å². The Bertz CT molecular complexity index is 2260. The molecule has 1 aromatic heterocycles. The van der Waals surface area contributed by atoms with Crippen LogP contribution in [0.25, 0.3) is 10.9 Å². The number of ether oxygens (including phenoxy) is 3. The van der Waals surface area contributed by atoms with Crippen molar-refractivity contribution in [2.45, 2.75) is 74.2 Å². The van der Waals surface area contributed by atoms with Gasteiger partial charge in [0, 0.05) is 49.7 Å². The molecule has 3 aliphatic rings. The van der Waals surface area contributed by atoms with Crippen LogP contribution >= 0.6 is 0 Å². The van der Waals surface area contributed by atoms with E-state index >= 15 is 8.42 Å². The fourth-order valence-electron chi connectivity index (χ4n) is 9.31. The first-order valence-corrected chi connectivity index (χ1v) is 22.0. The number of sulfonamides is 1. The number of aromatic nitrogens is 1. The Balaban J connectivity index is 1.46. The number of nitrogens with zero attached hydrogens (tertiary/aromatic N) is 3. The number of likely N-dealkylation sites (N-methyl/N-ethyl adjacent to an activating group) is 1. The second-order valence-corrected chi connectivity index (χ2v) is 17.4. The minimum atomic E-state index is -4.25. The zero-order chi connectivity index (χ0) is 41.4. The van der Waals surface area contributed by atoms with E-state index in [4.69, 9.17) is 24.2 Å². The van der Waals surface area contributed by atoms with E-state index in [9.17, 15) is 10.2 Å². The molecule has 0 amide bonds. The Kier molecular flexibility index (Phi) is 13.6. The van der Waals surface area contributed by atoms with E-state index in [1.165, 1.54) is 4.31 Å². The second-order valence-electron chi connectivity index (χ2n) is 15.5. The summed E-state index contributed by atoms with van der Waals surface area (Å²) in [6.07, 6.45) is 11.8. The lowest BCUT2D eigenvalue weighted by atomic mass is 9.55. The highest BCUT2D eigenvalue weighted by Gasteiger charge is 2.65. The van der Waals surface area contributed by atoms with Crippen LogP contribution in [-0.2, 0) is 26.2 Å². The van der Waals surface area contributed by atoms with Gasteiger partial charge in [0.2, 0.25) is 15.8 Å². The normalized spacial score (nSPS) is 24.2. The topological polar surface area (TPSA) is 140 Å². The molecule has 12 heteroatoms. The van der Waals surface area contributed by atoms with Gasteiger partial charge in [0.1, 0.15) is 29.6 Å². The Morgan fingerprint density at radius 2 is 1.71 bits per heavy atom. The zero-order valence-electron chi connectivity index (χ0n) is 33.7. The predicted molar refractivity (Wildman–Crippen MR) is 229 cm³/mol. The van der Waals surface area contributed by atoms with Crippen LogP contribution in [0, 0.1) is 17.8 Å². The van der Waals surface area contributed by atoms with Crippen LogP contribution in [0.4, 0.5) is 0 Å². The molecule has 0 bridgehead atoms. The van der Waals surface area contributed by atoms with Gasteiger partial charge in [-0.1, -0.05) is 91.3 Å². The number of unbranched alkanes of at least 4 members (excludes halogenated alkanes) is 2. The molecule has 1 aliphatic heterocycles. The van der Waals surface area contributed by atoms with Crippen molar-refractivity contribution >= 4 is 26.6 Å². The van der Waals surface area contributed by atoms with E-state index in [-0.39, 0.29) is 55.5 Å². The van der Waals surface area contributed by atoms with E-state index in [1.54, 1.807) is 43.6 Å². The van der Waals surface area contributed by atoms with E-state index in [0.717, 1.165) is 42.4 Å². The molecular formula is C47H55N3O8S. The van der Waals surface area contributed by atoms with Crippen molar-refractivity contribution in [1.29, 1.82) is 0 Å². The van der Waals surface area contributed by atoms with Gasteiger partial charge in [0.05, 0.1) is 29.8 Å². The van der Waals surface area contributed by atoms with Crippen molar-refractivity contribution in [2.75, 3.05) is 33.5 Å². The van der Waals surface area contributed by atoms with Gasteiger partial charge in [-0.2, -0.15) is 4.31 Å². The lowest BCUT2D eigenvalue weighted by molar-refractivity contribution is -0.250. The minimum absolute atomic E-state index is 0.0208. The highest BCUT2D eigenvalue weighted by Crippen LogP contribution is 2.62. The van der Waals surface area contributed by atoms with E-state index in [1.807, 2.05) is 60.7 Å². The number of benzene rings is 3. The number of hydrogen-bond donors (Lipinski definition) is 2. The molecule has 312 valence electrons. The summed E-state index contributed by atoms with van der Waals surface area (Å²) in [5.41, 5.74) is 3.74. The van der Waals surface area contributed by atoms with Gasteiger partial charge in [-0.15, -0.1) is 6.58 Å². The number of pyridine rings is 1. The summed E-state index contributed by atoms with van der Waals surface area (Å²) >= 11 is 0. The Morgan fingerprint density at radius 3 is 2.47 bits per heavy atom. The fourth-order valence-corrected chi connectivity index (χ4v) is 10.8. The molecule has 59 heavy (non-hydrogen) atoms. The van der Waals surface area contributed by atoms with Crippen molar-refractivity contribution in [1.82, 2.24) is 9.29 Å². The van der Waals surface area contributed by atoms with Crippen molar-refractivity contribution in [2.24, 2.45) is 22.9 Å². The second kappa shape index (κ2) is 19.0. The standard InChI is InChI=1S/C47H55N3O8S/c1-4-27-55-36-22-23-41-39(30-36)44-37(20-10-12-26-52)35(17-9-11-25-51)29-38-40(49-57-32-33-15-7-6-8-16-33)31-43(47(58-41,45(38)44)56-28-5-2)50(3)59(53,54)42-21-13-18-34-19-14-24-48-46(34)42/h4-8,13-16,18-19,21-24,29-30,35,37,43-45,51-52H,1-2,9-12,17,20,25-28,31-32H2,3H3/t35-,37+,43-,44+,45+,47+/m0/s1. The van der Waals surface area contributed by atoms with Crippen molar-refractivity contribution in [3.8, 4) is 11.5 Å². The van der Waals surface area contributed by atoms with Gasteiger partial charge in [0.25, 0.3) is 0 Å². The maximum Gasteiger partial charge on any atom is 0.245 e.